The van der Waals surface area contributed by atoms with Crippen molar-refractivity contribution in [3.8, 4) is 0 Å². The summed E-state index contributed by atoms with van der Waals surface area (Å²) in [5.74, 6) is 0.946. The molecule has 2 rings (SSSR count). The fraction of sp³-hybridized carbons (Fsp3) is 0.529. The van der Waals surface area contributed by atoms with Crippen LogP contribution >= 0.6 is 11.8 Å². The summed E-state index contributed by atoms with van der Waals surface area (Å²) in [6.45, 7) is 8.83. The quantitative estimate of drug-likeness (QED) is 0.647. The van der Waals surface area contributed by atoms with E-state index in [0.717, 1.165) is 24.4 Å². The fourth-order valence-corrected chi connectivity index (χ4v) is 3.05. The highest BCUT2D eigenvalue weighted by molar-refractivity contribution is 8.01. The van der Waals surface area contributed by atoms with Gasteiger partial charge in [-0.3, -0.25) is 14.3 Å². The van der Waals surface area contributed by atoms with Gasteiger partial charge < -0.3 is 15.2 Å². The molecule has 0 aliphatic rings. The molecule has 2 N–H and O–H groups in total. The number of rotatable bonds is 9. The summed E-state index contributed by atoms with van der Waals surface area (Å²) in [6.07, 6.45) is 0.805. The number of nitrogens with one attached hydrogen (secondary N) is 2. The number of thioether (sulfide) groups is 1. The maximum Gasteiger partial charge on any atom is 0.238 e. The Morgan fingerprint density at radius 1 is 1.31 bits per heavy atom. The highest BCUT2D eigenvalue weighted by Crippen LogP contribution is 2.14. The molecule has 0 aliphatic carbocycles. The maximum absolute atomic E-state index is 12.0. The van der Waals surface area contributed by atoms with Gasteiger partial charge >= 0.3 is 0 Å². The summed E-state index contributed by atoms with van der Waals surface area (Å²) in [5, 5.41) is 13.3. The predicted octanol–water partition coefficient (Wildman–Crippen LogP) is 2.06. The lowest BCUT2D eigenvalue weighted by atomic mass is 10.4. The average Bonchev–Trinajstić information content (AvgIpc) is 3.13. The van der Waals surface area contributed by atoms with Crippen LogP contribution in [0, 0.1) is 20.8 Å². The van der Waals surface area contributed by atoms with Gasteiger partial charge in [0.25, 0.3) is 0 Å². The van der Waals surface area contributed by atoms with Gasteiger partial charge in [0.2, 0.25) is 11.8 Å². The zero-order chi connectivity index (χ0) is 19.1. The van der Waals surface area contributed by atoms with Crippen LogP contribution in [0.5, 0.6) is 0 Å². The monoisotopic (exact) mass is 379 g/mol. The summed E-state index contributed by atoms with van der Waals surface area (Å²) in [6, 6.07) is 3.67. The van der Waals surface area contributed by atoms with E-state index in [9.17, 15) is 9.59 Å². The van der Waals surface area contributed by atoms with Crippen LogP contribution in [-0.4, -0.2) is 44.3 Å². The summed E-state index contributed by atoms with van der Waals surface area (Å²) in [4.78, 5) is 23.9. The fourth-order valence-electron chi connectivity index (χ4n) is 2.34. The Bertz CT molecular complexity index is 755. The molecular weight excluding hydrogens is 354 g/mol. The van der Waals surface area contributed by atoms with Crippen molar-refractivity contribution in [1.82, 2.24) is 20.3 Å². The van der Waals surface area contributed by atoms with E-state index < -0.39 is 0 Å². The predicted molar refractivity (Wildman–Crippen MR) is 101 cm³/mol. The first kappa shape index (κ1) is 20.0. The second-order valence-corrected chi connectivity index (χ2v) is 7.45. The van der Waals surface area contributed by atoms with Crippen molar-refractivity contribution in [2.75, 3.05) is 17.6 Å². The van der Waals surface area contributed by atoms with Crippen LogP contribution in [0.4, 0.5) is 5.82 Å². The number of amides is 2. The Balaban J connectivity index is 1.61. The molecular formula is C17H25N5O3S. The van der Waals surface area contributed by atoms with Gasteiger partial charge in [0, 0.05) is 24.8 Å². The molecule has 0 radical (unpaired) electrons. The molecule has 142 valence electrons. The third kappa shape index (κ3) is 6.21. The Morgan fingerprint density at radius 2 is 2.08 bits per heavy atom. The maximum atomic E-state index is 12.0. The number of carbonyl (C=O) groups excluding carboxylic acids is 2. The van der Waals surface area contributed by atoms with Crippen LogP contribution in [0.25, 0.3) is 0 Å². The normalized spacial score (nSPS) is 12.0. The third-order valence-electron chi connectivity index (χ3n) is 3.69. The SMILES string of the molecule is Cc1cc(C)n(CCCNC(=O)CS[C@H](C)C(=O)Nc2cc(C)on2)n1. The minimum absolute atomic E-state index is 0.0831. The lowest BCUT2D eigenvalue weighted by Crippen LogP contribution is -2.29. The van der Waals surface area contributed by atoms with E-state index in [1.54, 1.807) is 19.9 Å². The number of aromatic nitrogens is 3. The summed E-state index contributed by atoms with van der Waals surface area (Å²) in [7, 11) is 0. The Hall–Kier alpha value is -2.29. The van der Waals surface area contributed by atoms with Gasteiger partial charge in [-0.2, -0.15) is 5.10 Å². The molecule has 2 heterocycles. The largest absolute Gasteiger partial charge is 0.360 e. The molecule has 0 unspecified atom stereocenters. The minimum Gasteiger partial charge on any atom is -0.360 e. The van der Waals surface area contributed by atoms with Crippen molar-refractivity contribution in [2.24, 2.45) is 0 Å². The van der Waals surface area contributed by atoms with Gasteiger partial charge in [-0.05, 0) is 40.2 Å². The van der Waals surface area contributed by atoms with Crippen molar-refractivity contribution < 1.29 is 14.1 Å². The average molecular weight is 379 g/mol. The molecule has 0 bridgehead atoms. The van der Waals surface area contributed by atoms with E-state index in [0.29, 0.717) is 18.1 Å². The van der Waals surface area contributed by atoms with E-state index in [-0.39, 0.29) is 22.8 Å². The molecule has 1 atom stereocenters. The first-order chi connectivity index (χ1) is 12.3. The number of carbonyl (C=O) groups is 2. The van der Waals surface area contributed by atoms with E-state index >= 15 is 0 Å². The van der Waals surface area contributed by atoms with Gasteiger partial charge in [0.1, 0.15) is 5.76 Å². The molecule has 0 saturated carbocycles. The molecule has 2 amide bonds. The Morgan fingerprint density at radius 3 is 2.69 bits per heavy atom. The van der Waals surface area contributed by atoms with Crippen LogP contribution in [0.3, 0.4) is 0 Å². The van der Waals surface area contributed by atoms with Gasteiger partial charge in [0.05, 0.1) is 16.7 Å². The van der Waals surface area contributed by atoms with E-state index in [2.05, 4.69) is 20.9 Å². The van der Waals surface area contributed by atoms with Crippen molar-refractivity contribution in [3.05, 3.63) is 29.3 Å². The number of hydrogen-bond donors (Lipinski definition) is 2. The number of aryl methyl sites for hydroxylation is 4. The smallest absolute Gasteiger partial charge is 0.238 e. The zero-order valence-corrected chi connectivity index (χ0v) is 16.4. The van der Waals surface area contributed by atoms with Crippen LogP contribution in [0.2, 0.25) is 0 Å². The molecule has 2 aromatic heterocycles. The van der Waals surface area contributed by atoms with Crippen molar-refractivity contribution in [1.29, 1.82) is 0 Å². The van der Waals surface area contributed by atoms with E-state index in [1.807, 2.05) is 24.6 Å². The molecule has 0 aliphatic heterocycles. The van der Waals surface area contributed by atoms with Gasteiger partial charge in [-0.1, -0.05) is 5.16 Å². The van der Waals surface area contributed by atoms with E-state index in [1.165, 1.54) is 11.8 Å². The van der Waals surface area contributed by atoms with Crippen molar-refractivity contribution >= 4 is 29.4 Å². The summed E-state index contributed by atoms with van der Waals surface area (Å²) >= 11 is 1.28. The minimum atomic E-state index is -0.368. The molecule has 0 aromatic carbocycles. The molecule has 26 heavy (non-hydrogen) atoms. The molecule has 0 fully saturated rings. The molecule has 9 heteroatoms. The molecule has 0 spiro atoms. The highest BCUT2D eigenvalue weighted by Gasteiger charge is 2.16. The molecule has 8 nitrogen and oxygen atoms in total. The van der Waals surface area contributed by atoms with Crippen LogP contribution in [0.1, 0.15) is 30.5 Å². The Kier molecular flexibility index (Phi) is 7.26. The van der Waals surface area contributed by atoms with Gasteiger partial charge in [0.15, 0.2) is 5.82 Å². The molecule has 2 aromatic rings. The van der Waals surface area contributed by atoms with Crippen LogP contribution in [-0.2, 0) is 16.1 Å². The van der Waals surface area contributed by atoms with E-state index in [4.69, 9.17) is 4.52 Å². The highest BCUT2D eigenvalue weighted by atomic mass is 32.2. The second kappa shape index (κ2) is 9.42. The van der Waals surface area contributed by atoms with Crippen LogP contribution in [0.15, 0.2) is 16.7 Å². The molecule has 0 saturated heterocycles. The summed E-state index contributed by atoms with van der Waals surface area (Å²) in [5.41, 5.74) is 2.11. The van der Waals surface area contributed by atoms with Crippen LogP contribution < -0.4 is 10.6 Å². The van der Waals surface area contributed by atoms with Gasteiger partial charge in [-0.15, -0.1) is 11.8 Å². The lowest BCUT2D eigenvalue weighted by Gasteiger charge is -2.11. The topological polar surface area (TPSA) is 102 Å². The number of nitrogens with zero attached hydrogens (tertiary/aromatic N) is 3. The van der Waals surface area contributed by atoms with Crippen molar-refractivity contribution in [3.63, 3.8) is 0 Å². The first-order valence-electron chi connectivity index (χ1n) is 8.48. The summed E-state index contributed by atoms with van der Waals surface area (Å²) < 4.78 is 6.84. The van der Waals surface area contributed by atoms with Gasteiger partial charge in [-0.25, -0.2) is 0 Å². The number of anilines is 1. The lowest BCUT2D eigenvalue weighted by molar-refractivity contribution is -0.118. The number of hydrogen-bond acceptors (Lipinski definition) is 6. The first-order valence-corrected chi connectivity index (χ1v) is 9.53. The third-order valence-corrected chi connectivity index (χ3v) is 4.83. The zero-order valence-electron chi connectivity index (χ0n) is 15.5. The second-order valence-electron chi connectivity index (χ2n) is 6.12. The standard InChI is InChI=1S/C17H25N5O3S/c1-11-8-12(2)22(20-11)7-5-6-18-16(23)10-26-14(4)17(24)19-15-9-13(3)25-21-15/h8-9,14H,5-7,10H2,1-4H3,(H,18,23)(H,19,21,24)/t14-/m1/s1. The Labute approximate surface area is 157 Å². The van der Waals surface area contributed by atoms with Crippen molar-refractivity contribution in [2.45, 2.75) is 45.9 Å².